The van der Waals surface area contributed by atoms with Gasteiger partial charge in [-0.15, -0.1) is 0 Å². The third-order valence-electron chi connectivity index (χ3n) is 3.58. The third kappa shape index (κ3) is 2.16. The van der Waals surface area contributed by atoms with Crippen molar-refractivity contribution in [2.75, 3.05) is 19.6 Å². The first-order chi connectivity index (χ1) is 7.12. The highest BCUT2D eigenvalue weighted by atomic mass is 16.2. The highest BCUT2D eigenvalue weighted by Gasteiger charge is 2.40. The van der Waals surface area contributed by atoms with E-state index in [1.807, 2.05) is 4.90 Å². The molecule has 0 radical (unpaired) electrons. The lowest BCUT2D eigenvalue weighted by molar-refractivity contribution is -0.138. The van der Waals surface area contributed by atoms with Crippen LogP contribution in [0.2, 0.25) is 0 Å². The van der Waals surface area contributed by atoms with Gasteiger partial charge in [0.05, 0.1) is 5.54 Å². The van der Waals surface area contributed by atoms with Gasteiger partial charge in [0.1, 0.15) is 0 Å². The van der Waals surface area contributed by atoms with Gasteiger partial charge in [-0.2, -0.15) is 0 Å². The predicted octanol–water partition coefficient (Wildman–Crippen LogP) is 0.0782. The fourth-order valence-corrected chi connectivity index (χ4v) is 2.65. The van der Waals surface area contributed by atoms with E-state index in [0.29, 0.717) is 6.04 Å². The van der Waals surface area contributed by atoms with E-state index in [4.69, 9.17) is 5.73 Å². The highest BCUT2D eigenvalue weighted by Crippen LogP contribution is 2.29. The Hall–Kier alpha value is -0.610. The van der Waals surface area contributed by atoms with Crippen LogP contribution >= 0.6 is 0 Å². The van der Waals surface area contributed by atoms with Gasteiger partial charge in [0.15, 0.2) is 0 Å². The van der Waals surface area contributed by atoms with Crippen LogP contribution in [0.1, 0.15) is 32.6 Å². The summed E-state index contributed by atoms with van der Waals surface area (Å²) in [5.41, 5.74) is 5.62. The minimum Gasteiger partial charge on any atom is -0.338 e. The number of amides is 1. The third-order valence-corrected chi connectivity index (χ3v) is 3.58. The maximum atomic E-state index is 12.2. The van der Waals surface area contributed by atoms with Crippen molar-refractivity contribution in [1.29, 1.82) is 0 Å². The van der Waals surface area contributed by atoms with Crippen molar-refractivity contribution in [3.8, 4) is 0 Å². The van der Waals surface area contributed by atoms with Gasteiger partial charge in [0.2, 0.25) is 5.91 Å². The monoisotopic (exact) mass is 211 g/mol. The van der Waals surface area contributed by atoms with Crippen molar-refractivity contribution in [1.82, 2.24) is 10.2 Å². The molecule has 0 unspecified atom stereocenters. The number of piperazine rings is 1. The Morgan fingerprint density at radius 3 is 2.73 bits per heavy atom. The van der Waals surface area contributed by atoms with Gasteiger partial charge < -0.3 is 16.0 Å². The lowest BCUT2D eigenvalue weighted by Crippen LogP contribution is -2.59. The van der Waals surface area contributed by atoms with Gasteiger partial charge in [0.25, 0.3) is 0 Å². The molecule has 1 saturated heterocycles. The number of hydrogen-bond donors (Lipinski definition) is 2. The smallest absolute Gasteiger partial charge is 0.242 e. The Kier molecular flexibility index (Phi) is 2.98. The van der Waals surface area contributed by atoms with Crippen molar-refractivity contribution < 1.29 is 4.79 Å². The molecule has 1 saturated carbocycles. The van der Waals surface area contributed by atoms with Crippen molar-refractivity contribution in [2.24, 2.45) is 5.73 Å². The largest absolute Gasteiger partial charge is 0.338 e. The molecule has 15 heavy (non-hydrogen) atoms. The summed E-state index contributed by atoms with van der Waals surface area (Å²) in [7, 11) is 0. The Bertz CT molecular complexity index is 248. The second kappa shape index (κ2) is 4.10. The first-order valence-corrected chi connectivity index (χ1v) is 5.93. The average Bonchev–Trinajstić information content (AvgIpc) is 2.65. The average molecular weight is 211 g/mol. The number of carbonyl (C=O) groups excluding carboxylic acids is 1. The standard InChI is InChI=1S/C11H21N3O/c1-9-8-14(7-6-13-9)10(15)11(12)4-2-3-5-11/h9,13H,2-8,12H2,1H3/t9-/m0/s1. The van der Waals surface area contributed by atoms with Crippen LogP contribution in [0.15, 0.2) is 0 Å². The van der Waals surface area contributed by atoms with E-state index in [9.17, 15) is 4.79 Å². The molecule has 0 aromatic heterocycles. The maximum Gasteiger partial charge on any atom is 0.242 e. The van der Waals surface area contributed by atoms with Gasteiger partial charge in [-0.3, -0.25) is 4.79 Å². The zero-order valence-corrected chi connectivity index (χ0v) is 9.46. The SMILES string of the molecule is C[C@H]1CN(C(=O)C2(N)CCCC2)CCN1. The van der Waals surface area contributed by atoms with Crippen molar-refractivity contribution in [3.05, 3.63) is 0 Å². The molecule has 1 amide bonds. The van der Waals surface area contributed by atoms with E-state index in [1.165, 1.54) is 0 Å². The van der Waals surface area contributed by atoms with Gasteiger partial charge >= 0.3 is 0 Å². The van der Waals surface area contributed by atoms with Crippen LogP contribution in [0.4, 0.5) is 0 Å². The van der Waals surface area contributed by atoms with E-state index in [1.54, 1.807) is 0 Å². The normalized spacial score (nSPS) is 30.5. The number of nitrogens with one attached hydrogen (secondary N) is 1. The number of carbonyl (C=O) groups is 1. The molecule has 0 bridgehead atoms. The second-order valence-electron chi connectivity index (χ2n) is 4.97. The molecule has 3 N–H and O–H groups in total. The van der Waals surface area contributed by atoms with Gasteiger partial charge in [-0.05, 0) is 19.8 Å². The van der Waals surface area contributed by atoms with Crippen LogP contribution in [0.25, 0.3) is 0 Å². The molecular weight excluding hydrogens is 190 g/mol. The zero-order valence-electron chi connectivity index (χ0n) is 9.46. The molecule has 2 fully saturated rings. The minimum absolute atomic E-state index is 0.174. The summed E-state index contributed by atoms with van der Waals surface area (Å²) < 4.78 is 0. The summed E-state index contributed by atoms with van der Waals surface area (Å²) in [5.74, 6) is 0.174. The van der Waals surface area contributed by atoms with Gasteiger partial charge in [-0.25, -0.2) is 0 Å². The van der Waals surface area contributed by atoms with Crippen molar-refractivity contribution >= 4 is 5.91 Å². The molecule has 1 heterocycles. The summed E-state index contributed by atoms with van der Waals surface area (Å²) in [6.07, 6.45) is 3.93. The zero-order chi connectivity index (χ0) is 10.9. The second-order valence-corrected chi connectivity index (χ2v) is 4.97. The fraction of sp³-hybridized carbons (Fsp3) is 0.909. The fourth-order valence-electron chi connectivity index (χ4n) is 2.65. The van der Waals surface area contributed by atoms with Crippen LogP contribution < -0.4 is 11.1 Å². The molecule has 0 spiro atoms. The number of nitrogens with two attached hydrogens (primary N) is 1. The molecule has 0 aromatic rings. The van der Waals surface area contributed by atoms with E-state index in [2.05, 4.69) is 12.2 Å². The predicted molar refractivity (Wildman–Crippen MR) is 59.4 cm³/mol. The molecule has 1 aliphatic carbocycles. The first-order valence-electron chi connectivity index (χ1n) is 5.93. The lowest BCUT2D eigenvalue weighted by Gasteiger charge is -2.36. The molecule has 86 valence electrons. The molecular formula is C11H21N3O. The Morgan fingerprint density at radius 2 is 2.13 bits per heavy atom. The van der Waals surface area contributed by atoms with Crippen LogP contribution in [0.5, 0.6) is 0 Å². The summed E-state index contributed by atoms with van der Waals surface area (Å²) in [4.78, 5) is 14.2. The molecule has 1 aliphatic heterocycles. The van der Waals surface area contributed by atoms with Crippen molar-refractivity contribution in [3.63, 3.8) is 0 Å². The molecule has 2 aliphatic rings. The molecule has 1 atom stereocenters. The van der Waals surface area contributed by atoms with Crippen LogP contribution in [0.3, 0.4) is 0 Å². The molecule has 4 nitrogen and oxygen atoms in total. The van der Waals surface area contributed by atoms with Crippen molar-refractivity contribution in [2.45, 2.75) is 44.2 Å². The maximum absolute atomic E-state index is 12.2. The molecule has 0 aromatic carbocycles. The number of nitrogens with zero attached hydrogens (tertiary/aromatic N) is 1. The number of hydrogen-bond acceptors (Lipinski definition) is 3. The summed E-state index contributed by atoms with van der Waals surface area (Å²) in [6.45, 7) is 4.61. The first kappa shape index (κ1) is 10.9. The Balaban J connectivity index is 2.00. The van der Waals surface area contributed by atoms with Gasteiger partial charge in [0, 0.05) is 25.7 Å². The highest BCUT2D eigenvalue weighted by molar-refractivity contribution is 5.86. The van der Waals surface area contributed by atoms with E-state index in [-0.39, 0.29) is 5.91 Å². The van der Waals surface area contributed by atoms with Gasteiger partial charge in [-0.1, -0.05) is 12.8 Å². The topological polar surface area (TPSA) is 58.4 Å². The Morgan fingerprint density at radius 1 is 1.47 bits per heavy atom. The van der Waals surface area contributed by atoms with Crippen LogP contribution in [-0.4, -0.2) is 42.0 Å². The quantitative estimate of drug-likeness (QED) is 0.645. The van der Waals surface area contributed by atoms with Crippen LogP contribution in [0, 0.1) is 0 Å². The summed E-state index contributed by atoms with van der Waals surface area (Å²) in [6, 6.07) is 0.396. The number of rotatable bonds is 1. The molecule has 4 heteroatoms. The minimum atomic E-state index is -0.545. The summed E-state index contributed by atoms with van der Waals surface area (Å²) >= 11 is 0. The lowest BCUT2D eigenvalue weighted by atomic mass is 9.96. The Labute approximate surface area is 91.2 Å². The molecule has 2 rings (SSSR count). The van der Waals surface area contributed by atoms with E-state index < -0.39 is 5.54 Å². The van der Waals surface area contributed by atoms with E-state index >= 15 is 0 Å². The van der Waals surface area contributed by atoms with E-state index in [0.717, 1.165) is 45.3 Å². The van der Waals surface area contributed by atoms with Crippen LogP contribution in [-0.2, 0) is 4.79 Å². The summed E-state index contributed by atoms with van der Waals surface area (Å²) in [5, 5.41) is 3.34.